The molecule has 186 valence electrons. The second kappa shape index (κ2) is 9.97. The average Bonchev–Trinajstić information content (AvgIpc) is 3.13. The van der Waals surface area contributed by atoms with E-state index in [0.29, 0.717) is 6.42 Å². The van der Waals surface area contributed by atoms with Gasteiger partial charge < -0.3 is 10.0 Å². The van der Waals surface area contributed by atoms with Crippen molar-refractivity contribution < 1.29 is 23.1 Å². The van der Waals surface area contributed by atoms with E-state index in [4.69, 9.17) is 0 Å². The van der Waals surface area contributed by atoms with Crippen molar-refractivity contribution in [3.05, 3.63) is 137 Å². The second-order valence-corrected chi connectivity index (χ2v) is 9.04. The number of benzene rings is 4. The molecule has 4 aromatic rings. The van der Waals surface area contributed by atoms with Crippen LogP contribution in [0.3, 0.4) is 0 Å². The number of carbonyl (C=O) groups excluding carboxylic acids is 1. The van der Waals surface area contributed by atoms with Gasteiger partial charge >= 0.3 is 6.18 Å². The Balaban J connectivity index is 1.46. The largest absolute Gasteiger partial charge is 0.509 e. The number of amides is 1. The van der Waals surface area contributed by atoms with Gasteiger partial charge in [-0.15, -0.1) is 0 Å². The Morgan fingerprint density at radius 2 is 1.22 bits per heavy atom. The van der Waals surface area contributed by atoms with Gasteiger partial charge in [0.05, 0.1) is 17.2 Å². The van der Waals surface area contributed by atoms with E-state index < -0.39 is 23.7 Å². The van der Waals surface area contributed by atoms with Gasteiger partial charge in [0.15, 0.2) is 0 Å². The molecule has 0 saturated carbocycles. The van der Waals surface area contributed by atoms with E-state index in [1.165, 1.54) is 12.1 Å². The molecule has 1 atom stereocenters. The van der Waals surface area contributed by atoms with E-state index in [9.17, 15) is 23.1 Å². The Labute approximate surface area is 213 Å². The summed E-state index contributed by atoms with van der Waals surface area (Å²) in [5, 5.41) is 11.2. The van der Waals surface area contributed by atoms with Crippen LogP contribution in [0.1, 0.15) is 22.3 Å². The number of hydrogen-bond acceptors (Lipinski definition) is 2. The number of rotatable bonds is 6. The van der Waals surface area contributed by atoms with E-state index in [-0.39, 0.29) is 23.4 Å². The van der Waals surface area contributed by atoms with Crippen molar-refractivity contribution in [3.63, 3.8) is 0 Å². The van der Waals surface area contributed by atoms with Gasteiger partial charge in [0.25, 0.3) is 5.91 Å². The fourth-order valence-electron chi connectivity index (χ4n) is 4.66. The highest BCUT2D eigenvalue weighted by molar-refractivity contribution is 6.22. The van der Waals surface area contributed by atoms with Crippen LogP contribution in [0.15, 0.2) is 115 Å². The molecule has 0 radical (unpaired) electrons. The van der Waals surface area contributed by atoms with E-state index in [2.05, 4.69) is 0 Å². The Bertz CT molecular complexity index is 1410. The molecule has 6 heteroatoms. The summed E-state index contributed by atoms with van der Waals surface area (Å²) in [6.45, 7) is 0.250. The predicted octanol–water partition coefficient (Wildman–Crippen LogP) is 7.30. The van der Waals surface area contributed by atoms with E-state index in [1.807, 2.05) is 84.9 Å². The molecule has 1 heterocycles. The van der Waals surface area contributed by atoms with Crippen LogP contribution in [0, 0.1) is 0 Å². The van der Waals surface area contributed by atoms with Crippen molar-refractivity contribution >= 4 is 11.5 Å². The zero-order valence-corrected chi connectivity index (χ0v) is 19.8. The number of nitrogens with zero attached hydrogens (tertiary/aromatic N) is 1. The molecule has 3 nitrogen and oxygen atoms in total. The number of carbonyl (C=O) groups is 1. The highest BCUT2D eigenvalue weighted by Gasteiger charge is 2.40. The lowest BCUT2D eigenvalue weighted by molar-refractivity contribution is -0.137. The molecule has 0 unspecified atom stereocenters. The molecule has 0 aromatic heterocycles. The normalized spacial score (nSPS) is 15.9. The highest BCUT2D eigenvalue weighted by atomic mass is 19.4. The minimum atomic E-state index is -4.48. The minimum absolute atomic E-state index is 0.0376. The molecule has 1 aliphatic heterocycles. The summed E-state index contributed by atoms with van der Waals surface area (Å²) in [7, 11) is 0. The van der Waals surface area contributed by atoms with E-state index in [1.54, 1.807) is 4.90 Å². The fraction of sp³-hybridized carbons (Fsp3) is 0.129. The van der Waals surface area contributed by atoms with Crippen molar-refractivity contribution in [2.24, 2.45) is 0 Å². The van der Waals surface area contributed by atoms with Gasteiger partial charge in [-0.1, -0.05) is 97.1 Å². The first-order valence-electron chi connectivity index (χ1n) is 11.9. The summed E-state index contributed by atoms with van der Waals surface area (Å²) < 4.78 is 39.2. The van der Waals surface area contributed by atoms with Gasteiger partial charge in [-0.2, -0.15) is 13.2 Å². The lowest BCUT2D eigenvalue weighted by Gasteiger charge is -2.26. The lowest BCUT2D eigenvalue weighted by Crippen LogP contribution is -2.36. The van der Waals surface area contributed by atoms with Gasteiger partial charge in [0, 0.05) is 13.0 Å². The van der Waals surface area contributed by atoms with Crippen molar-refractivity contribution in [1.29, 1.82) is 0 Å². The maximum Gasteiger partial charge on any atom is 0.416 e. The van der Waals surface area contributed by atoms with E-state index >= 15 is 0 Å². The van der Waals surface area contributed by atoms with Gasteiger partial charge in [-0.05, 0) is 39.9 Å². The molecule has 0 bridgehead atoms. The predicted molar refractivity (Wildman–Crippen MR) is 137 cm³/mol. The summed E-state index contributed by atoms with van der Waals surface area (Å²) in [4.78, 5) is 15.2. The maximum atomic E-state index is 13.6. The first kappa shape index (κ1) is 24.4. The van der Waals surface area contributed by atoms with E-state index in [0.717, 1.165) is 34.4 Å². The van der Waals surface area contributed by atoms with Crippen molar-refractivity contribution in [3.8, 4) is 11.1 Å². The lowest BCUT2D eigenvalue weighted by atomic mass is 10.00. The van der Waals surface area contributed by atoms with Crippen LogP contribution in [0.25, 0.3) is 16.7 Å². The molecular weight excluding hydrogens is 475 g/mol. The van der Waals surface area contributed by atoms with Crippen LogP contribution < -0.4 is 0 Å². The molecule has 0 spiro atoms. The van der Waals surface area contributed by atoms with Crippen molar-refractivity contribution in [2.75, 3.05) is 0 Å². The number of aliphatic hydroxyl groups is 1. The third-order valence-electron chi connectivity index (χ3n) is 6.61. The zero-order valence-electron chi connectivity index (χ0n) is 19.8. The van der Waals surface area contributed by atoms with Crippen LogP contribution in [0.4, 0.5) is 13.2 Å². The smallest absolute Gasteiger partial charge is 0.416 e. The third-order valence-corrected chi connectivity index (χ3v) is 6.61. The molecule has 0 aliphatic carbocycles. The Morgan fingerprint density at radius 3 is 1.81 bits per heavy atom. The zero-order chi connectivity index (χ0) is 26.0. The number of halogens is 3. The number of alkyl halides is 3. The molecule has 1 amide bonds. The van der Waals surface area contributed by atoms with Gasteiger partial charge in [-0.3, -0.25) is 4.79 Å². The van der Waals surface area contributed by atoms with Gasteiger partial charge in [-0.25, -0.2) is 0 Å². The average molecular weight is 500 g/mol. The minimum Gasteiger partial charge on any atom is -0.509 e. The van der Waals surface area contributed by atoms with Crippen LogP contribution in [0.2, 0.25) is 0 Å². The summed E-state index contributed by atoms with van der Waals surface area (Å²) in [6.07, 6.45) is -4.10. The summed E-state index contributed by atoms with van der Waals surface area (Å²) in [6, 6.07) is 31.0. The molecule has 0 saturated heterocycles. The van der Waals surface area contributed by atoms with Crippen LogP contribution in [0.5, 0.6) is 0 Å². The quantitative estimate of drug-likeness (QED) is 0.303. The Hall–Kier alpha value is -4.32. The van der Waals surface area contributed by atoms with Crippen LogP contribution in [-0.4, -0.2) is 22.0 Å². The van der Waals surface area contributed by atoms with Gasteiger partial charge in [0.1, 0.15) is 5.76 Å². The second-order valence-electron chi connectivity index (χ2n) is 9.04. The van der Waals surface area contributed by atoms with Crippen molar-refractivity contribution in [2.45, 2.75) is 25.2 Å². The summed E-state index contributed by atoms with van der Waals surface area (Å²) in [5.74, 6) is -0.542. The molecule has 1 aliphatic rings. The van der Waals surface area contributed by atoms with Gasteiger partial charge in [0.2, 0.25) is 0 Å². The molecule has 5 rings (SSSR count). The molecule has 4 aromatic carbocycles. The highest BCUT2D eigenvalue weighted by Crippen LogP contribution is 2.36. The van der Waals surface area contributed by atoms with Crippen LogP contribution >= 0.6 is 0 Å². The number of hydrogen-bond donors (Lipinski definition) is 1. The SMILES string of the molecule is O=C1C(c2ccc(C(F)(F)F)cc2)=C(O)[C@H](Cc2ccccc2)N1Cc1ccc(-c2ccccc2)cc1. The van der Waals surface area contributed by atoms with Crippen molar-refractivity contribution in [1.82, 2.24) is 4.90 Å². The molecular formula is C31H24F3NO2. The maximum absolute atomic E-state index is 13.6. The Kier molecular flexibility index (Phi) is 6.57. The molecule has 0 fully saturated rings. The fourth-order valence-corrected chi connectivity index (χ4v) is 4.66. The molecule has 1 N–H and O–H groups in total. The first-order chi connectivity index (χ1) is 17.8. The Morgan fingerprint density at radius 1 is 0.676 bits per heavy atom. The van der Waals surface area contributed by atoms with Crippen LogP contribution in [-0.2, 0) is 23.9 Å². The number of aliphatic hydroxyl groups excluding tert-OH is 1. The third kappa shape index (κ3) is 5.14. The monoisotopic (exact) mass is 499 g/mol. The topological polar surface area (TPSA) is 40.5 Å². The molecule has 37 heavy (non-hydrogen) atoms. The standard InChI is InChI=1S/C31H24F3NO2/c32-31(33,34)26-17-15-25(16-18-26)28-29(36)27(19-21-7-3-1-4-8-21)35(30(28)37)20-22-11-13-24(14-12-22)23-9-5-2-6-10-23/h1-18,27,36H,19-20H2/t27-/m0/s1. The first-order valence-corrected chi connectivity index (χ1v) is 11.9. The summed E-state index contributed by atoms with van der Waals surface area (Å²) >= 11 is 0. The summed E-state index contributed by atoms with van der Waals surface area (Å²) in [5.41, 5.74) is 3.43.